The topological polar surface area (TPSA) is 51.0 Å². The second kappa shape index (κ2) is 8.44. The molecule has 0 unspecified atom stereocenters. The molecule has 0 N–H and O–H groups in total. The van der Waals surface area contributed by atoms with Gasteiger partial charge < -0.3 is 4.90 Å². The third kappa shape index (κ3) is 4.41. The maximum atomic E-state index is 12.6. The van der Waals surface area contributed by atoms with E-state index in [1.165, 1.54) is 24.6 Å². The van der Waals surface area contributed by atoms with Crippen molar-refractivity contribution in [1.29, 1.82) is 0 Å². The largest absolute Gasteiger partial charge is 0.342 e. The minimum Gasteiger partial charge on any atom is -0.342 e. The first-order valence-electron chi connectivity index (χ1n) is 9.00. The molecule has 1 aromatic carbocycles. The van der Waals surface area contributed by atoms with Crippen LogP contribution in [0.15, 0.2) is 29.7 Å². The standard InChI is InChI=1S/C19H25ClN4OS/c1-13-4-7-15(8-5-13)23(3)18(25)11-26-19-22-21-12-24(19)16-9-6-14(2)17(20)10-16/h6,9-10,12-13,15H,4-5,7-8,11H2,1-3H3. The highest BCUT2D eigenvalue weighted by molar-refractivity contribution is 7.99. The van der Waals surface area contributed by atoms with E-state index in [-0.39, 0.29) is 5.91 Å². The fraction of sp³-hybridized carbons (Fsp3) is 0.526. The van der Waals surface area contributed by atoms with Gasteiger partial charge in [-0.2, -0.15) is 0 Å². The molecule has 1 heterocycles. The van der Waals surface area contributed by atoms with Gasteiger partial charge in [0.1, 0.15) is 6.33 Å². The molecule has 0 aliphatic heterocycles. The van der Waals surface area contributed by atoms with Crippen molar-refractivity contribution in [2.24, 2.45) is 5.92 Å². The van der Waals surface area contributed by atoms with E-state index in [9.17, 15) is 4.79 Å². The molecule has 1 amide bonds. The van der Waals surface area contributed by atoms with E-state index in [0.717, 1.165) is 30.0 Å². The summed E-state index contributed by atoms with van der Waals surface area (Å²) in [6.07, 6.45) is 6.27. The minimum absolute atomic E-state index is 0.144. The molecule has 5 nitrogen and oxygen atoms in total. The van der Waals surface area contributed by atoms with Crippen LogP contribution in [0.3, 0.4) is 0 Å². The van der Waals surface area contributed by atoms with Crippen molar-refractivity contribution in [3.63, 3.8) is 0 Å². The van der Waals surface area contributed by atoms with Gasteiger partial charge in [-0.25, -0.2) is 0 Å². The molecule has 140 valence electrons. The smallest absolute Gasteiger partial charge is 0.233 e. The molecular weight excluding hydrogens is 368 g/mol. The molecule has 0 radical (unpaired) electrons. The number of nitrogens with zero attached hydrogens (tertiary/aromatic N) is 4. The summed E-state index contributed by atoms with van der Waals surface area (Å²) in [5.41, 5.74) is 1.92. The highest BCUT2D eigenvalue weighted by Gasteiger charge is 2.25. The molecular formula is C19H25ClN4OS. The Bertz CT molecular complexity index is 771. The summed E-state index contributed by atoms with van der Waals surface area (Å²) in [6.45, 7) is 4.26. The number of aromatic nitrogens is 3. The fourth-order valence-electron chi connectivity index (χ4n) is 3.29. The third-order valence-electron chi connectivity index (χ3n) is 5.20. The van der Waals surface area contributed by atoms with Crippen LogP contribution < -0.4 is 0 Å². The fourth-order valence-corrected chi connectivity index (χ4v) is 4.32. The van der Waals surface area contributed by atoms with Crippen molar-refractivity contribution in [2.45, 2.75) is 50.7 Å². The molecule has 3 rings (SSSR count). The second-order valence-corrected chi connectivity index (χ2v) is 8.47. The lowest BCUT2D eigenvalue weighted by Gasteiger charge is -2.33. The summed E-state index contributed by atoms with van der Waals surface area (Å²) in [7, 11) is 1.92. The highest BCUT2D eigenvalue weighted by atomic mass is 35.5. The molecule has 0 atom stereocenters. The predicted octanol–water partition coefficient (Wildman–Crippen LogP) is 4.36. The summed E-state index contributed by atoms with van der Waals surface area (Å²) in [5, 5.41) is 9.56. The van der Waals surface area contributed by atoms with Gasteiger partial charge in [0.05, 0.1) is 11.4 Å². The van der Waals surface area contributed by atoms with Crippen LogP contribution in [0.1, 0.15) is 38.2 Å². The van der Waals surface area contributed by atoms with Crippen molar-refractivity contribution in [1.82, 2.24) is 19.7 Å². The molecule has 1 fully saturated rings. The van der Waals surface area contributed by atoms with Gasteiger partial charge in [-0.1, -0.05) is 36.4 Å². The van der Waals surface area contributed by atoms with Crippen LogP contribution in [0.2, 0.25) is 5.02 Å². The molecule has 0 spiro atoms. The summed E-state index contributed by atoms with van der Waals surface area (Å²) in [4.78, 5) is 14.5. The van der Waals surface area contributed by atoms with Crippen molar-refractivity contribution < 1.29 is 4.79 Å². The van der Waals surface area contributed by atoms with Crippen LogP contribution >= 0.6 is 23.4 Å². The Labute approximate surface area is 164 Å². The van der Waals surface area contributed by atoms with Crippen molar-refractivity contribution in [3.8, 4) is 5.69 Å². The van der Waals surface area contributed by atoms with Crippen LogP contribution in [0.4, 0.5) is 0 Å². The lowest BCUT2D eigenvalue weighted by Crippen LogP contribution is -2.40. The van der Waals surface area contributed by atoms with Gasteiger partial charge in [-0.05, 0) is 56.2 Å². The number of hydrogen-bond acceptors (Lipinski definition) is 4. The molecule has 2 aromatic rings. The number of amides is 1. The second-order valence-electron chi connectivity index (χ2n) is 7.12. The molecule has 26 heavy (non-hydrogen) atoms. The third-order valence-corrected chi connectivity index (χ3v) is 6.54. The Hall–Kier alpha value is -1.53. The lowest BCUT2D eigenvalue weighted by atomic mass is 9.87. The monoisotopic (exact) mass is 392 g/mol. The number of halogens is 1. The molecule has 1 saturated carbocycles. The highest BCUT2D eigenvalue weighted by Crippen LogP contribution is 2.28. The van der Waals surface area contributed by atoms with Gasteiger partial charge >= 0.3 is 0 Å². The van der Waals surface area contributed by atoms with Gasteiger partial charge in [0.25, 0.3) is 0 Å². The van der Waals surface area contributed by atoms with E-state index < -0.39 is 0 Å². The van der Waals surface area contributed by atoms with E-state index in [1.807, 2.05) is 41.6 Å². The number of benzene rings is 1. The van der Waals surface area contributed by atoms with Gasteiger partial charge in [-0.3, -0.25) is 9.36 Å². The normalized spacial score (nSPS) is 20.2. The number of hydrogen-bond donors (Lipinski definition) is 0. The summed E-state index contributed by atoms with van der Waals surface area (Å²) >= 11 is 7.64. The van der Waals surface area contributed by atoms with Crippen molar-refractivity contribution in [2.75, 3.05) is 12.8 Å². The van der Waals surface area contributed by atoms with E-state index in [1.54, 1.807) is 6.33 Å². The SMILES string of the molecule is Cc1ccc(-n2cnnc2SCC(=O)N(C)C2CCC(C)CC2)cc1Cl. The van der Waals surface area contributed by atoms with Crippen LogP contribution in [-0.4, -0.2) is 44.4 Å². The number of carbonyl (C=O) groups is 1. The van der Waals surface area contributed by atoms with E-state index in [2.05, 4.69) is 17.1 Å². The van der Waals surface area contributed by atoms with Gasteiger partial charge in [0, 0.05) is 18.1 Å². The zero-order valence-electron chi connectivity index (χ0n) is 15.5. The van der Waals surface area contributed by atoms with Crippen LogP contribution in [0.5, 0.6) is 0 Å². The minimum atomic E-state index is 0.144. The maximum absolute atomic E-state index is 12.6. The Morgan fingerprint density at radius 3 is 2.77 bits per heavy atom. The van der Waals surface area contributed by atoms with Crippen LogP contribution in [-0.2, 0) is 4.79 Å². The van der Waals surface area contributed by atoms with Gasteiger partial charge in [0.2, 0.25) is 5.91 Å². The molecule has 1 aromatic heterocycles. The zero-order chi connectivity index (χ0) is 18.7. The first kappa shape index (κ1) is 19.2. The van der Waals surface area contributed by atoms with Crippen LogP contribution in [0.25, 0.3) is 5.69 Å². The molecule has 1 aliphatic carbocycles. The first-order valence-corrected chi connectivity index (χ1v) is 10.4. The zero-order valence-corrected chi connectivity index (χ0v) is 17.1. The average molecular weight is 393 g/mol. The molecule has 0 saturated heterocycles. The number of aryl methyl sites for hydroxylation is 1. The molecule has 0 bridgehead atoms. The van der Waals surface area contributed by atoms with Crippen molar-refractivity contribution >= 4 is 29.3 Å². The van der Waals surface area contributed by atoms with Crippen molar-refractivity contribution in [3.05, 3.63) is 35.1 Å². The van der Waals surface area contributed by atoms with Crippen LogP contribution in [0, 0.1) is 12.8 Å². The summed E-state index contributed by atoms with van der Waals surface area (Å²) in [6, 6.07) is 6.20. The number of rotatable bonds is 5. The average Bonchev–Trinajstić information content (AvgIpc) is 3.10. The Balaban J connectivity index is 1.62. The predicted molar refractivity (Wildman–Crippen MR) is 106 cm³/mol. The molecule has 1 aliphatic rings. The first-order chi connectivity index (χ1) is 12.5. The summed E-state index contributed by atoms with van der Waals surface area (Å²) < 4.78 is 1.87. The summed E-state index contributed by atoms with van der Waals surface area (Å²) in [5.74, 6) is 1.29. The maximum Gasteiger partial charge on any atom is 0.233 e. The van der Waals surface area contributed by atoms with E-state index >= 15 is 0 Å². The van der Waals surface area contributed by atoms with Gasteiger partial charge in [0.15, 0.2) is 5.16 Å². The lowest BCUT2D eigenvalue weighted by molar-refractivity contribution is -0.129. The Morgan fingerprint density at radius 2 is 2.08 bits per heavy atom. The van der Waals surface area contributed by atoms with E-state index in [4.69, 9.17) is 11.6 Å². The number of carbonyl (C=O) groups excluding carboxylic acids is 1. The molecule has 7 heteroatoms. The Morgan fingerprint density at radius 1 is 1.35 bits per heavy atom. The van der Waals surface area contributed by atoms with E-state index in [0.29, 0.717) is 22.0 Å². The number of thioether (sulfide) groups is 1. The quantitative estimate of drug-likeness (QED) is 0.709. The van der Waals surface area contributed by atoms with Gasteiger partial charge in [-0.15, -0.1) is 10.2 Å². The Kier molecular flexibility index (Phi) is 6.24.